The maximum absolute atomic E-state index is 13.5. The van der Waals surface area contributed by atoms with E-state index in [1.165, 1.54) is 29.1 Å². The molecule has 7 nitrogen and oxygen atoms in total. The van der Waals surface area contributed by atoms with Crippen molar-refractivity contribution in [2.75, 3.05) is 23.9 Å². The molecule has 3 aromatic rings. The number of sulfonamides is 1. The lowest BCUT2D eigenvalue weighted by molar-refractivity contribution is -0.127. The summed E-state index contributed by atoms with van der Waals surface area (Å²) in [5, 5.41) is 2.98. The van der Waals surface area contributed by atoms with Crippen molar-refractivity contribution in [2.24, 2.45) is 0 Å². The normalized spacial score (nSPS) is 18.2. The molecule has 1 unspecified atom stereocenters. The number of hydrogen-bond donors (Lipinski definition) is 1. The van der Waals surface area contributed by atoms with E-state index in [9.17, 15) is 13.2 Å². The fourth-order valence-corrected chi connectivity index (χ4v) is 6.32. The van der Waals surface area contributed by atoms with Gasteiger partial charge in [-0.25, -0.2) is 8.42 Å². The Morgan fingerprint density at radius 2 is 1.53 bits per heavy atom. The Balaban J connectivity index is 1.32. The third-order valence-corrected chi connectivity index (χ3v) is 8.57. The van der Waals surface area contributed by atoms with Gasteiger partial charge in [0, 0.05) is 13.1 Å². The SMILES string of the molecule is O=C(NCc1ccccc1CN1CCCCC1)C1CN(S(=O)(=O)c2ccccc2)c2ccccc2O1. The molecule has 1 amide bonds. The molecule has 0 bridgehead atoms. The van der Waals surface area contributed by atoms with Crippen LogP contribution in [0, 0.1) is 0 Å². The van der Waals surface area contributed by atoms with E-state index in [4.69, 9.17) is 4.74 Å². The number of carbonyl (C=O) groups is 1. The third-order valence-electron chi connectivity index (χ3n) is 6.77. The van der Waals surface area contributed by atoms with Gasteiger partial charge in [-0.05, 0) is 61.3 Å². The fourth-order valence-electron chi connectivity index (χ4n) is 4.82. The van der Waals surface area contributed by atoms with Gasteiger partial charge in [0.1, 0.15) is 5.75 Å². The lowest BCUT2D eigenvalue weighted by Gasteiger charge is -2.34. The van der Waals surface area contributed by atoms with Gasteiger partial charge in [0.05, 0.1) is 17.1 Å². The summed E-state index contributed by atoms with van der Waals surface area (Å²) in [6.07, 6.45) is 2.77. The Hall–Kier alpha value is -3.36. The van der Waals surface area contributed by atoms with Crippen molar-refractivity contribution in [3.63, 3.8) is 0 Å². The summed E-state index contributed by atoms with van der Waals surface area (Å²) in [6, 6.07) is 23.3. The van der Waals surface area contributed by atoms with Gasteiger partial charge >= 0.3 is 0 Å². The van der Waals surface area contributed by atoms with Crippen LogP contribution in [0.1, 0.15) is 30.4 Å². The number of anilines is 1. The van der Waals surface area contributed by atoms with E-state index in [0.717, 1.165) is 25.2 Å². The highest BCUT2D eigenvalue weighted by Crippen LogP contribution is 2.36. The number of para-hydroxylation sites is 2. The van der Waals surface area contributed by atoms with Crippen molar-refractivity contribution >= 4 is 21.6 Å². The van der Waals surface area contributed by atoms with Crippen LogP contribution in [0.15, 0.2) is 83.8 Å². The monoisotopic (exact) mass is 505 g/mol. The second-order valence-corrected chi connectivity index (χ2v) is 11.1. The number of likely N-dealkylation sites (tertiary alicyclic amines) is 1. The van der Waals surface area contributed by atoms with Gasteiger partial charge in [-0.2, -0.15) is 0 Å². The summed E-state index contributed by atoms with van der Waals surface area (Å²) in [4.78, 5) is 15.9. The Morgan fingerprint density at radius 1 is 0.861 bits per heavy atom. The highest BCUT2D eigenvalue weighted by molar-refractivity contribution is 7.92. The fraction of sp³-hybridized carbons (Fsp3) is 0.321. The lowest BCUT2D eigenvalue weighted by Crippen LogP contribution is -2.50. The average molecular weight is 506 g/mol. The molecule has 2 heterocycles. The van der Waals surface area contributed by atoms with Gasteiger partial charge in [-0.1, -0.05) is 61.0 Å². The van der Waals surface area contributed by atoms with Crippen LogP contribution in [0.3, 0.4) is 0 Å². The van der Waals surface area contributed by atoms with Crippen LogP contribution in [0.2, 0.25) is 0 Å². The molecule has 0 saturated carbocycles. The first-order valence-corrected chi connectivity index (χ1v) is 13.9. The number of ether oxygens (including phenoxy) is 1. The number of piperidine rings is 1. The second kappa shape index (κ2) is 10.7. The predicted molar refractivity (Wildman–Crippen MR) is 139 cm³/mol. The second-order valence-electron chi connectivity index (χ2n) is 9.25. The van der Waals surface area contributed by atoms with Crippen LogP contribution in [0.4, 0.5) is 5.69 Å². The van der Waals surface area contributed by atoms with E-state index < -0.39 is 16.1 Å². The maximum atomic E-state index is 13.5. The molecule has 1 N–H and O–H groups in total. The van der Waals surface area contributed by atoms with Crippen LogP contribution in [-0.4, -0.2) is 45.0 Å². The van der Waals surface area contributed by atoms with Crippen molar-refractivity contribution in [3.05, 3.63) is 90.0 Å². The Labute approximate surface area is 212 Å². The molecule has 5 rings (SSSR count). The van der Waals surface area contributed by atoms with Gasteiger partial charge in [0.2, 0.25) is 0 Å². The molecule has 36 heavy (non-hydrogen) atoms. The minimum atomic E-state index is -3.86. The van der Waals surface area contributed by atoms with Gasteiger partial charge in [-0.15, -0.1) is 0 Å². The average Bonchev–Trinajstić information content (AvgIpc) is 2.93. The largest absolute Gasteiger partial charge is 0.476 e. The van der Waals surface area contributed by atoms with E-state index in [-0.39, 0.29) is 17.3 Å². The molecule has 188 valence electrons. The Kier molecular flexibility index (Phi) is 7.25. The molecule has 0 aromatic heterocycles. The number of amides is 1. The maximum Gasteiger partial charge on any atom is 0.264 e. The molecular weight excluding hydrogens is 474 g/mol. The van der Waals surface area contributed by atoms with Crippen molar-refractivity contribution < 1.29 is 17.9 Å². The highest BCUT2D eigenvalue weighted by atomic mass is 32.2. The van der Waals surface area contributed by atoms with Crippen LogP contribution in [0.25, 0.3) is 0 Å². The molecule has 0 aliphatic carbocycles. The van der Waals surface area contributed by atoms with E-state index >= 15 is 0 Å². The number of rotatable bonds is 7. The summed E-state index contributed by atoms with van der Waals surface area (Å²) >= 11 is 0. The number of fused-ring (bicyclic) bond motifs is 1. The summed E-state index contributed by atoms with van der Waals surface area (Å²) in [5.41, 5.74) is 2.68. The Morgan fingerprint density at radius 3 is 2.31 bits per heavy atom. The summed E-state index contributed by atoms with van der Waals surface area (Å²) in [6.45, 7) is 3.32. The van der Waals surface area contributed by atoms with Gasteiger partial charge < -0.3 is 10.1 Å². The van der Waals surface area contributed by atoms with Gasteiger partial charge in [0.25, 0.3) is 15.9 Å². The summed E-state index contributed by atoms with van der Waals surface area (Å²) < 4.78 is 34.2. The first-order chi connectivity index (χ1) is 17.5. The first-order valence-electron chi connectivity index (χ1n) is 12.4. The van der Waals surface area contributed by atoms with Gasteiger partial charge in [0.15, 0.2) is 6.10 Å². The first kappa shape index (κ1) is 24.3. The molecular formula is C28H31N3O4S. The topological polar surface area (TPSA) is 79.0 Å². The van der Waals surface area contributed by atoms with Gasteiger partial charge in [-0.3, -0.25) is 14.0 Å². The summed E-state index contributed by atoms with van der Waals surface area (Å²) in [5.74, 6) is 0.0273. The number of nitrogens with zero attached hydrogens (tertiary/aromatic N) is 2. The minimum Gasteiger partial charge on any atom is -0.476 e. The third kappa shape index (κ3) is 5.24. The number of nitrogens with one attached hydrogen (secondary N) is 1. The zero-order chi connectivity index (χ0) is 25.0. The number of benzene rings is 3. The molecule has 8 heteroatoms. The van der Waals surface area contributed by atoms with Crippen LogP contribution in [0.5, 0.6) is 5.75 Å². The smallest absolute Gasteiger partial charge is 0.264 e. The molecule has 2 aliphatic rings. The van der Waals surface area contributed by atoms with E-state index in [0.29, 0.717) is 18.0 Å². The van der Waals surface area contributed by atoms with E-state index in [1.54, 1.807) is 54.6 Å². The molecule has 3 aromatic carbocycles. The zero-order valence-corrected chi connectivity index (χ0v) is 21.0. The minimum absolute atomic E-state index is 0.102. The molecule has 2 aliphatic heterocycles. The Bertz CT molecular complexity index is 1310. The quantitative estimate of drug-likeness (QED) is 0.526. The zero-order valence-electron chi connectivity index (χ0n) is 20.2. The number of carbonyl (C=O) groups excluding carboxylic acids is 1. The molecule has 0 spiro atoms. The number of hydrogen-bond acceptors (Lipinski definition) is 5. The standard InChI is InChI=1S/C28H31N3O4S/c32-28(29-19-22-11-5-6-12-23(22)20-30-17-9-2-10-18-30)27-21-31(25-15-7-8-16-26(25)35-27)36(33,34)24-13-3-1-4-14-24/h1,3-8,11-16,27H,2,9-10,17-21H2,(H,29,32). The van der Waals surface area contributed by atoms with E-state index in [2.05, 4.69) is 16.3 Å². The van der Waals surface area contributed by atoms with Crippen molar-refractivity contribution in [2.45, 2.75) is 43.4 Å². The van der Waals surface area contributed by atoms with Crippen molar-refractivity contribution in [3.8, 4) is 5.75 Å². The molecule has 0 radical (unpaired) electrons. The van der Waals surface area contributed by atoms with Crippen LogP contribution >= 0.6 is 0 Å². The summed E-state index contributed by atoms with van der Waals surface area (Å²) in [7, 11) is -3.86. The highest BCUT2D eigenvalue weighted by Gasteiger charge is 2.37. The van der Waals surface area contributed by atoms with Crippen LogP contribution < -0.4 is 14.4 Å². The molecule has 1 fully saturated rings. The predicted octanol–water partition coefficient (Wildman–Crippen LogP) is 3.95. The van der Waals surface area contributed by atoms with Crippen molar-refractivity contribution in [1.82, 2.24) is 10.2 Å². The molecule has 1 saturated heterocycles. The lowest BCUT2D eigenvalue weighted by atomic mass is 10.0. The van der Waals surface area contributed by atoms with Crippen LogP contribution in [-0.2, 0) is 27.9 Å². The molecule has 1 atom stereocenters. The van der Waals surface area contributed by atoms with E-state index in [1.807, 2.05) is 18.2 Å². The van der Waals surface area contributed by atoms with Crippen molar-refractivity contribution in [1.29, 1.82) is 0 Å².